The molecule has 0 saturated heterocycles. The number of halogens is 2. The van der Waals surface area contributed by atoms with Crippen LogP contribution in [-0.4, -0.2) is 17.6 Å². The minimum absolute atomic E-state index is 0.411. The molecule has 96 valence electrons. The van der Waals surface area contributed by atoms with Crippen LogP contribution in [0.4, 0.5) is 5.82 Å². The maximum atomic E-state index is 6.02. The number of rotatable bonds is 5. The van der Waals surface area contributed by atoms with E-state index in [1.165, 1.54) is 0 Å². The molecule has 0 amide bonds. The predicted molar refractivity (Wildman–Crippen MR) is 76.1 cm³/mol. The van der Waals surface area contributed by atoms with E-state index >= 15 is 0 Å². The SMILES string of the molecule is CC(C)CN(c1cc(CCl)c(Cl)cn1)C(C)C. The van der Waals surface area contributed by atoms with E-state index in [4.69, 9.17) is 23.2 Å². The van der Waals surface area contributed by atoms with E-state index in [1.54, 1.807) is 6.20 Å². The number of hydrogen-bond acceptors (Lipinski definition) is 2. The first kappa shape index (κ1) is 14.6. The monoisotopic (exact) mass is 274 g/mol. The normalized spacial score (nSPS) is 11.3. The summed E-state index contributed by atoms with van der Waals surface area (Å²) in [5, 5.41) is 0.636. The molecule has 2 nitrogen and oxygen atoms in total. The van der Waals surface area contributed by atoms with Crippen LogP contribution in [-0.2, 0) is 5.88 Å². The second-order valence-corrected chi connectivity index (χ2v) is 5.58. The van der Waals surface area contributed by atoms with Crippen molar-refractivity contribution < 1.29 is 0 Å². The molecule has 1 heterocycles. The van der Waals surface area contributed by atoms with Crippen molar-refractivity contribution in [3.8, 4) is 0 Å². The van der Waals surface area contributed by atoms with Gasteiger partial charge in [0, 0.05) is 24.7 Å². The summed E-state index contributed by atoms with van der Waals surface area (Å²) in [5.74, 6) is 1.96. The summed E-state index contributed by atoms with van der Waals surface area (Å²) in [7, 11) is 0. The molecule has 0 bridgehead atoms. The van der Waals surface area contributed by atoms with Gasteiger partial charge in [0.2, 0.25) is 0 Å². The Morgan fingerprint density at radius 2 is 1.94 bits per heavy atom. The minimum atomic E-state index is 0.411. The van der Waals surface area contributed by atoms with Crippen molar-refractivity contribution in [2.24, 2.45) is 5.92 Å². The zero-order chi connectivity index (χ0) is 13.0. The molecule has 17 heavy (non-hydrogen) atoms. The molecule has 0 aromatic carbocycles. The molecule has 0 atom stereocenters. The average molecular weight is 275 g/mol. The summed E-state index contributed by atoms with van der Waals surface area (Å²) in [4.78, 5) is 6.67. The van der Waals surface area contributed by atoms with Crippen LogP contribution in [0.5, 0.6) is 0 Å². The van der Waals surface area contributed by atoms with Crippen LogP contribution < -0.4 is 4.90 Å². The first-order valence-electron chi connectivity index (χ1n) is 5.92. The molecule has 1 rings (SSSR count). The number of alkyl halides is 1. The molecule has 0 aliphatic rings. The third-order valence-corrected chi connectivity index (χ3v) is 3.17. The Morgan fingerprint density at radius 1 is 1.29 bits per heavy atom. The van der Waals surface area contributed by atoms with Gasteiger partial charge in [-0.05, 0) is 31.4 Å². The highest BCUT2D eigenvalue weighted by atomic mass is 35.5. The van der Waals surface area contributed by atoms with E-state index in [-0.39, 0.29) is 0 Å². The van der Waals surface area contributed by atoms with Gasteiger partial charge in [-0.3, -0.25) is 0 Å². The summed E-state index contributed by atoms with van der Waals surface area (Å²) in [6, 6.07) is 2.40. The molecule has 4 heteroatoms. The second kappa shape index (κ2) is 6.46. The van der Waals surface area contributed by atoms with Gasteiger partial charge in [-0.1, -0.05) is 25.4 Å². The molecule has 0 saturated carbocycles. The largest absolute Gasteiger partial charge is 0.354 e. The van der Waals surface area contributed by atoms with Crippen molar-refractivity contribution in [1.82, 2.24) is 4.98 Å². The van der Waals surface area contributed by atoms with E-state index in [1.807, 2.05) is 6.07 Å². The molecule has 0 unspecified atom stereocenters. The topological polar surface area (TPSA) is 16.1 Å². The van der Waals surface area contributed by atoms with Gasteiger partial charge in [-0.15, -0.1) is 11.6 Å². The highest BCUT2D eigenvalue weighted by Gasteiger charge is 2.14. The smallest absolute Gasteiger partial charge is 0.129 e. The van der Waals surface area contributed by atoms with Gasteiger partial charge in [0.1, 0.15) is 5.82 Å². The third-order valence-electron chi connectivity index (χ3n) is 2.54. The van der Waals surface area contributed by atoms with E-state index in [0.717, 1.165) is 17.9 Å². The maximum Gasteiger partial charge on any atom is 0.129 e. The van der Waals surface area contributed by atoms with Gasteiger partial charge in [-0.25, -0.2) is 4.98 Å². The predicted octanol–water partition coefficient (Wildman–Crippen LogP) is 4.34. The van der Waals surface area contributed by atoms with Crippen LogP contribution >= 0.6 is 23.2 Å². The molecular weight excluding hydrogens is 255 g/mol. The Balaban J connectivity index is 3.01. The summed E-state index contributed by atoms with van der Waals surface area (Å²) >= 11 is 11.9. The highest BCUT2D eigenvalue weighted by Crippen LogP contribution is 2.23. The van der Waals surface area contributed by atoms with Gasteiger partial charge >= 0.3 is 0 Å². The van der Waals surface area contributed by atoms with Crippen molar-refractivity contribution in [3.05, 3.63) is 22.8 Å². The summed E-state index contributed by atoms with van der Waals surface area (Å²) in [6.45, 7) is 9.72. The molecule has 0 aliphatic carbocycles. The van der Waals surface area contributed by atoms with Crippen LogP contribution in [0, 0.1) is 5.92 Å². The number of aromatic nitrogens is 1. The van der Waals surface area contributed by atoms with Crippen molar-refractivity contribution >= 4 is 29.0 Å². The summed E-state index contributed by atoms with van der Waals surface area (Å²) in [6.07, 6.45) is 1.68. The summed E-state index contributed by atoms with van der Waals surface area (Å²) in [5.41, 5.74) is 0.938. The van der Waals surface area contributed by atoms with Crippen molar-refractivity contribution in [2.75, 3.05) is 11.4 Å². The molecule has 0 N–H and O–H groups in total. The Kier molecular flexibility index (Phi) is 5.54. The van der Waals surface area contributed by atoms with E-state index < -0.39 is 0 Å². The minimum Gasteiger partial charge on any atom is -0.354 e. The van der Waals surface area contributed by atoms with Gasteiger partial charge in [0.15, 0.2) is 0 Å². The Bertz CT molecular complexity index is 364. The molecule has 1 aromatic heterocycles. The van der Waals surface area contributed by atoms with E-state index in [9.17, 15) is 0 Å². The van der Waals surface area contributed by atoms with Crippen molar-refractivity contribution in [3.63, 3.8) is 0 Å². The van der Waals surface area contributed by atoms with Crippen molar-refractivity contribution in [1.29, 1.82) is 0 Å². The van der Waals surface area contributed by atoms with Gasteiger partial charge < -0.3 is 4.90 Å². The lowest BCUT2D eigenvalue weighted by molar-refractivity contribution is 0.566. The first-order valence-corrected chi connectivity index (χ1v) is 6.84. The summed E-state index contributed by atoms with van der Waals surface area (Å²) < 4.78 is 0. The third kappa shape index (κ3) is 4.04. The van der Waals surface area contributed by atoms with Crippen LogP contribution in [0.1, 0.15) is 33.3 Å². The first-order chi connectivity index (χ1) is 7.95. The fourth-order valence-corrected chi connectivity index (χ4v) is 2.15. The number of hydrogen-bond donors (Lipinski definition) is 0. The highest BCUT2D eigenvalue weighted by molar-refractivity contribution is 6.32. The van der Waals surface area contributed by atoms with E-state index in [2.05, 4.69) is 37.6 Å². The maximum absolute atomic E-state index is 6.02. The molecular formula is C13H20Cl2N2. The van der Waals surface area contributed by atoms with Gasteiger partial charge in [-0.2, -0.15) is 0 Å². The lowest BCUT2D eigenvalue weighted by atomic mass is 10.1. The molecule has 0 aliphatic heterocycles. The zero-order valence-electron chi connectivity index (χ0n) is 10.9. The number of pyridine rings is 1. The molecule has 0 radical (unpaired) electrons. The van der Waals surface area contributed by atoms with Gasteiger partial charge in [0.05, 0.1) is 5.02 Å². The zero-order valence-corrected chi connectivity index (χ0v) is 12.4. The number of anilines is 1. The van der Waals surface area contributed by atoms with Crippen LogP contribution in [0.2, 0.25) is 5.02 Å². The van der Waals surface area contributed by atoms with Crippen LogP contribution in [0.15, 0.2) is 12.3 Å². The lowest BCUT2D eigenvalue weighted by Crippen LogP contribution is -2.34. The standard InChI is InChI=1S/C13H20Cl2N2/c1-9(2)8-17(10(3)4)13-5-11(6-14)12(15)7-16-13/h5,7,9-10H,6,8H2,1-4H3. The van der Waals surface area contributed by atoms with Crippen LogP contribution in [0.3, 0.4) is 0 Å². The fraction of sp³-hybridized carbons (Fsp3) is 0.615. The molecule has 0 spiro atoms. The Hall–Kier alpha value is -0.470. The second-order valence-electron chi connectivity index (χ2n) is 4.91. The fourth-order valence-electron chi connectivity index (χ4n) is 1.69. The van der Waals surface area contributed by atoms with E-state index in [0.29, 0.717) is 22.9 Å². The van der Waals surface area contributed by atoms with Gasteiger partial charge in [0.25, 0.3) is 0 Å². The quantitative estimate of drug-likeness (QED) is 0.743. The molecule has 0 fully saturated rings. The van der Waals surface area contributed by atoms with Crippen molar-refractivity contribution in [2.45, 2.75) is 39.6 Å². The Labute approximate surface area is 114 Å². The number of nitrogens with zero attached hydrogens (tertiary/aromatic N) is 2. The molecule has 1 aromatic rings. The lowest BCUT2D eigenvalue weighted by Gasteiger charge is -2.30. The Morgan fingerprint density at radius 3 is 2.41 bits per heavy atom. The van der Waals surface area contributed by atoms with Crippen LogP contribution in [0.25, 0.3) is 0 Å². The average Bonchev–Trinajstić information content (AvgIpc) is 2.26.